The van der Waals surface area contributed by atoms with Crippen LogP contribution in [0.5, 0.6) is 0 Å². The van der Waals surface area contributed by atoms with E-state index in [1.165, 1.54) is 0 Å². The summed E-state index contributed by atoms with van der Waals surface area (Å²) in [6, 6.07) is 11.8. The fourth-order valence-electron chi connectivity index (χ4n) is 5.15. The maximum atomic E-state index is 13.4. The Hall–Kier alpha value is -2.73. The normalized spacial score (nSPS) is 27.5. The Morgan fingerprint density at radius 3 is 2.82 bits per heavy atom. The molecule has 3 aromatic rings. The number of aliphatic hydroxyl groups is 1. The highest BCUT2D eigenvalue weighted by atomic mass is 16.3. The van der Waals surface area contributed by atoms with Crippen molar-refractivity contribution in [3.05, 3.63) is 66.1 Å². The van der Waals surface area contributed by atoms with Crippen LogP contribution in [0.4, 0.5) is 0 Å². The van der Waals surface area contributed by atoms with E-state index in [-0.39, 0.29) is 17.9 Å². The van der Waals surface area contributed by atoms with E-state index in [9.17, 15) is 9.90 Å². The summed E-state index contributed by atoms with van der Waals surface area (Å²) in [7, 11) is 0. The first kappa shape index (κ1) is 17.4. The molecule has 0 spiro atoms. The van der Waals surface area contributed by atoms with Gasteiger partial charge < -0.3 is 10.0 Å². The van der Waals surface area contributed by atoms with Crippen LogP contribution < -0.4 is 0 Å². The molecule has 144 valence electrons. The Balaban J connectivity index is 1.50. The number of carbonyl (C=O) groups excluding carboxylic acids is 1. The molecule has 6 nitrogen and oxygen atoms in total. The summed E-state index contributed by atoms with van der Waals surface area (Å²) in [5.41, 5.74) is 1.22. The summed E-state index contributed by atoms with van der Waals surface area (Å²) in [5.74, 6) is 0.0249. The van der Waals surface area contributed by atoms with Gasteiger partial charge in [-0.05, 0) is 30.9 Å². The topological polar surface area (TPSA) is 70.7 Å². The summed E-state index contributed by atoms with van der Waals surface area (Å²) >= 11 is 0. The van der Waals surface area contributed by atoms with Gasteiger partial charge in [-0.2, -0.15) is 5.10 Å². The molecular weight excluding hydrogens is 352 g/mol. The number of hydrogen-bond donors (Lipinski definition) is 1. The molecule has 3 heterocycles. The number of piperidine rings is 1. The second kappa shape index (κ2) is 6.71. The molecule has 0 radical (unpaired) electrons. The van der Waals surface area contributed by atoms with E-state index < -0.39 is 5.60 Å². The number of hydrogen-bond acceptors (Lipinski definition) is 4. The summed E-state index contributed by atoms with van der Waals surface area (Å²) < 4.78 is 1.63. The zero-order valence-corrected chi connectivity index (χ0v) is 15.7. The molecule has 6 heteroatoms. The first-order chi connectivity index (χ1) is 13.7. The lowest BCUT2D eigenvalue weighted by atomic mass is 9.66. The summed E-state index contributed by atoms with van der Waals surface area (Å²) in [6.07, 6.45) is 9.69. The number of amides is 1. The van der Waals surface area contributed by atoms with Crippen LogP contribution in [0.15, 0.2) is 55.0 Å². The van der Waals surface area contributed by atoms with Crippen molar-refractivity contribution in [2.75, 3.05) is 6.54 Å². The lowest BCUT2D eigenvalue weighted by Gasteiger charge is -2.52. The van der Waals surface area contributed by atoms with Gasteiger partial charge in [-0.3, -0.25) is 4.79 Å². The van der Waals surface area contributed by atoms with Crippen molar-refractivity contribution in [2.45, 2.75) is 43.7 Å². The van der Waals surface area contributed by atoms with Crippen molar-refractivity contribution in [3.8, 4) is 0 Å². The highest BCUT2D eigenvalue weighted by molar-refractivity contribution is 5.99. The summed E-state index contributed by atoms with van der Waals surface area (Å²) in [5, 5.41) is 15.9. The van der Waals surface area contributed by atoms with Gasteiger partial charge in [-0.1, -0.05) is 43.2 Å². The van der Waals surface area contributed by atoms with E-state index in [0.717, 1.165) is 31.2 Å². The number of fused-ring (bicyclic) bond motifs is 2. The van der Waals surface area contributed by atoms with E-state index in [1.54, 1.807) is 29.2 Å². The first-order valence-electron chi connectivity index (χ1n) is 10.1. The number of aromatic nitrogens is 3. The van der Waals surface area contributed by atoms with E-state index >= 15 is 0 Å². The smallest absolute Gasteiger partial charge is 0.259 e. The number of rotatable bonds is 2. The van der Waals surface area contributed by atoms with Gasteiger partial charge in [0.1, 0.15) is 5.56 Å². The fourth-order valence-corrected chi connectivity index (χ4v) is 5.15. The fraction of sp³-hybridized carbons (Fsp3) is 0.409. The lowest BCUT2D eigenvalue weighted by molar-refractivity contribution is -0.110. The molecule has 1 N–H and O–H groups in total. The molecule has 2 fully saturated rings. The van der Waals surface area contributed by atoms with E-state index in [0.29, 0.717) is 24.2 Å². The van der Waals surface area contributed by atoms with Gasteiger partial charge in [-0.15, -0.1) is 0 Å². The van der Waals surface area contributed by atoms with Crippen LogP contribution in [0.25, 0.3) is 5.65 Å². The minimum absolute atomic E-state index is 0.0271. The van der Waals surface area contributed by atoms with Crippen LogP contribution in [0.2, 0.25) is 0 Å². The average Bonchev–Trinajstić information content (AvgIpc) is 3.19. The van der Waals surface area contributed by atoms with Crippen molar-refractivity contribution in [1.82, 2.24) is 19.5 Å². The summed E-state index contributed by atoms with van der Waals surface area (Å²) in [6.45, 7) is 0.537. The number of benzene rings is 1. The molecule has 1 aliphatic heterocycles. The molecule has 2 aromatic heterocycles. The van der Waals surface area contributed by atoms with Crippen LogP contribution in [0, 0.1) is 5.92 Å². The molecule has 1 saturated carbocycles. The second-order valence-electron chi connectivity index (χ2n) is 7.94. The van der Waals surface area contributed by atoms with Crippen molar-refractivity contribution >= 4 is 11.6 Å². The van der Waals surface area contributed by atoms with Crippen molar-refractivity contribution in [2.24, 2.45) is 5.92 Å². The number of carbonyl (C=O) groups is 1. The third-order valence-electron chi connectivity index (χ3n) is 6.52. The zero-order chi connectivity index (χ0) is 19.1. The average molecular weight is 376 g/mol. The second-order valence-corrected chi connectivity index (χ2v) is 7.94. The number of likely N-dealkylation sites (tertiary alicyclic amines) is 1. The molecular formula is C22H24N4O2. The van der Waals surface area contributed by atoms with Crippen LogP contribution >= 0.6 is 0 Å². The van der Waals surface area contributed by atoms with E-state index in [1.807, 2.05) is 35.2 Å². The molecule has 3 atom stereocenters. The van der Waals surface area contributed by atoms with Crippen molar-refractivity contribution < 1.29 is 9.90 Å². The molecule has 1 saturated heterocycles. The molecule has 1 aromatic carbocycles. The highest BCUT2D eigenvalue weighted by Gasteiger charge is 2.50. The van der Waals surface area contributed by atoms with Gasteiger partial charge in [0.15, 0.2) is 5.65 Å². The monoisotopic (exact) mass is 376 g/mol. The van der Waals surface area contributed by atoms with Crippen molar-refractivity contribution in [3.63, 3.8) is 0 Å². The molecule has 1 amide bonds. The predicted molar refractivity (Wildman–Crippen MR) is 105 cm³/mol. The van der Waals surface area contributed by atoms with Crippen LogP contribution in [-0.2, 0) is 5.60 Å². The maximum Gasteiger partial charge on any atom is 0.259 e. The Labute approximate surface area is 163 Å². The van der Waals surface area contributed by atoms with Gasteiger partial charge in [-0.25, -0.2) is 9.50 Å². The minimum Gasteiger partial charge on any atom is -0.385 e. The largest absolute Gasteiger partial charge is 0.385 e. The molecule has 2 aliphatic rings. The third-order valence-corrected chi connectivity index (χ3v) is 6.52. The first-order valence-corrected chi connectivity index (χ1v) is 10.1. The van der Waals surface area contributed by atoms with Gasteiger partial charge in [0.25, 0.3) is 5.91 Å². The SMILES string of the molecule is O=C(c1cnn2cccnc12)N1CCC(O)(c2ccccc2)C2CCCCC21. The number of nitrogens with zero attached hydrogens (tertiary/aromatic N) is 4. The predicted octanol–water partition coefficient (Wildman–Crippen LogP) is 3.02. The Kier molecular flexibility index (Phi) is 4.16. The van der Waals surface area contributed by atoms with Crippen LogP contribution in [-0.4, -0.2) is 43.1 Å². The van der Waals surface area contributed by atoms with Crippen LogP contribution in [0.3, 0.4) is 0 Å². The van der Waals surface area contributed by atoms with Gasteiger partial charge in [0.05, 0.1) is 11.8 Å². The molecule has 28 heavy (non-hydrogen) atoms. The molecule has 3 unspecified atom stereocenters. The molecule has 1 aliphatic carbocycles. The maximum absolute atomic E-state index is 13.4. The molecule has 0 bridgehead atoms. The van der Waals surface area contributed by atoms with Gasteiger partial charge >= 0.3 is 0 Å². The third kappa shape index (κ3) is 2.63. The minimum atomic E-state index is -0.873. The van der Waals surface area contributed by atoms with E-state index in [2.05, 4.69) is 10.1 Å². The van der Waals surface area contributed by atoms with Crippen molar-refractivity contribution in [1.29, 1.82) is 0 Å². The zero-order valence-electron chi connectivity index (χ0n) is 15.7. The van der Waals surface area contributed by atoms with Gasteiger partial charge in [0.2, 0.25) is 0 Å². The summed E-state index contributed by atoms with van der Waals surface area (Å²) in [4.78, 5) is 19.7. The quantitative estimate of drug-likeness (QED) is 0.746. The highest BCUT2D eigenvalue weighted by Crippen LogP contribution is 2.47. The van der Waals surface area contributed by atoms with Crippen LogP contribution in [0.1, 0.15) is 48.0 Å². The standard InChI is InChI=1S/C22H24N4O2/c27-21(17-15-24-26-13-6-12-23-20(17)26)25-14-11-22(28,16-7-2-1-3-8-16)18-9-4-5-10-19(18)25/h1-3,6-8,12-13,15,18-19,28H,4-5,9-11,14H2. The Morgan fingerprint density at radius 1 is 1.14 bits per heavy atom. The molecule has 5 rings (SSSR count). The lowest BCUT2D eigenvalue weighted by Crippen LogP contribution is -2.59. The Morgan fingerprint density at radius 2 is 1.96 bits per heavy atom. The van der Waals surface area contributed by atoms with E-state index in [4.69, 9.17) is 0 Å². The Bertz CT molecular complexity index is 1000. The van der Waals surface area contributed by atoms with Gasteiger partial charge in [0, 0.05) is 30.9 Å².